The molecule has 1 atom stereocenters. The molecule has 0 saturated carbocycles. The molecule has 0 aromatic heterocycles. The maximum Gasteiger partial charge on any atom is 0.325 e. The van der Waals surface area contributed by atoms with E-state index in [-0.39, 0.29) is 4.47 Å². The Kier molecular flexibility index (Phi) is 3.23. The van der Waals surface area contributed by atoms with Gasteiger partial charge in [0.15, 0.2) is 0 Å². The summed E-state index contributed by atoms with van der Waals surface area (Å²) in [6.07, 6.45) is 0. The molecule has 0 aliphatic rings. The van der Waals surface area contributed by atoms with Crippen LogP contribution >= 0.6 is 15.9 Å². The maximum atomic E-state index is 13.0. The average Bonchev–Trinajstić information content (AvgIpc) is 2.10. The molecule has 3 nitrogen and oxygen atoms in total. The van der Waals surface area contributed by atoms with Gasteiger partial charge < -0.3 is 10.8 Å². The lowest BCUT2D eigenvalue weighted by Gasteiger charge is -2.11. The topological polar surface area (TPSA) is 63.3 Å². The molecular formula is C9H9BrFNO2. The first-order valence-corrected chi connectivity index (χ1v) is 4.66. The number of hydrogen-bond acceptors (Lipinski definition) is 2. The third-order valence-electron chi connectivity index (χ3n) is 1.91. The van der Waals surface area contributed by atoms with Crippen molar-refractivity contribution in [3.8, 4) is 0 Å². The Morgan fingerprint density at radius 1 is 1.64 bits per heavy atom. The van der Waals surface area contributed by atoms with Crippen LogP contribution in [0.3, 0.4) is 0 Å². The number of carboxylic acids is 1. The van der Waals surface area contributed by atoms with Crippen LogP contribution in [0.25, 0.3) is 0 Å². The molecule has 0 aliphatic heterocycles. The summed E-state index contributed by atoms with van der Waals surface area (Å²) in [7, 11) is 0. The van der Waals surface area contributed by atoms with Gasteiger partial charge in [-0.1, -0.05) is 0 Å². The average molecular weight is 262 g/mol. The van der Waals surface area contributed by atoms with Crippen LogP contribution in [0.15, 0.2) is 16.6 Å². The van der Waals surface area contributed by atoms with Gasteiger partial charge in [0.25, 0.3) is 0 Å². The smallest absolute Gasteiger partial charge is 0.325 e. The molecule has 0 saturated heterocycles. The monoisotopic (exact) mass is 261 g/mol. The van der Waals surface area contributed by atoms with E-state index in [1.54, 1.807) is 6.92 Å². The summed E-state index contributed by atoms with van der Waals surface area (Å²) in [5.74, 6) is -1.56. The number of nitrogens with two attached hydrogens (primary N) is 1. The zero-order chi connectivity index (χ0) is 10.9. The van der Waals surface area contributed by atoms with Crippen molar-refractivity contribution < 1.29 is 14.3 Å². The van der Waals surface area contributed by atoms with Crippen molar-refractivity contribution in [1.82, 2.24) is 0 Å². The van der Waals surface area contributed by atoms with E-state index in [9.17, 15) is 9.18 Å². The first kappa shape index (κ1) is 11.1. The number of aliphatic carboxylic acids is 1. The fraction of sp³-hybridized carbons (Fsp3) is 0.222. The van der Waals surface area contributed by atoms with Crippen molar-refractivity contribution in [2.45, 2.75) is 13.0 Å². The Morgan fingerprint density at radius 2 is 2.21 bits per heavy atom. The van der Waals surface area contributed by atoms with Gasteiger partial charge in [0.1, 0.15) is 11.9 Å². The fourth-order valence-corrected chi connectivity index (χ4v) is 1.49. The summed E-state index contributed by atoms with van der Waals surface area (Å²) in [6, 6.07) is 1.53. The first-order chi connectivity index (χ1) is 6.43. The van der Waals surface area contributed by atoms with Crippen LogP contribution in [-0.4, -0.2) is 11.1 Å². The minimum atomic E-state index is -1.13. The van der Waals surface area contributed by atoms with Crippen LogP contribution in [-0.2, 0) is 4.79 Å². The Hall–Kier alpha value is -0.940. The number of carbonyl (C=O) groups is 1. The van der Waals surface area contributed by atoms with Crippen LogP contribution in [0.2, 0.25) is 0 Å². The van der Waals surface area contributed by atoms with Gasteiger partial charge in [-0.15, -0.1) is 0 Å². The predicted octanol–water partition coefficient (Wildman–Crippen LogP) is 1.98. The van der Waals surface area contributed by atoms with Gasteiger partial charge in [0, 0.05) is 0 Å². The van der Waals surface area contributed by atoms with Crippen LogP contribution in [0.1, 0.15) is 17.2 Å². The van der Waals surface area contributed by atoms with Crippen molar-refractivity contribution in [3.63, 3.8) is 0 Å². The minimum absolute atomic E-state index is 0.217. The molecule has 0 heterocycles. The molecule has 1 unspecified atom stereocenters. The molecule has 0 spiro atoms. The standard InChI is InChI=1S/C9H9BrFNO2/c1-4-2-7(11)6(10)3-5(4)8(12)9(13)14/h2-3,8H,12H2,1H3,(H,13,14). The van der Waals surface area contributed by atoms with Gasteiger partial charge in [-0.2, -0.15) is 0 Å². The molecule has 0 amide bonds. The lowest BCUT2D eigenvalue weighted by Crippen LogP contribution is -2.21. The fourth-order valence-electron chi connectivity index (χ4n) is 1.13. The lowest BCUT2D eigenvalue weighted by atomic mass is 10.0. The number of carboxylic acid groups (broad SMARTS) is 1. The molecule has 0 radical (unpaired) electrons. The lowest BCUT2D eigenvalue weighted by molar-refractivity contribution is -0.138. The molecule has 76 valence electrons. The van der Waals surface area contributed by atoms with Gasteiger partial charge in [0.2, 0.25) is 0 Å². The van der Waals surface area contributed by atoms with Crippen LogP contribution in [0.5, 0.6) is 0 Å². The zero-order valence-corrected chi connectivity index (χ0v) is 9.01. The summed E-state index contributed by atoms with van der Waals surface area (Å²) in [5, 5.41) is 8.69. The number of halogens is 2. The Balaban J connectivity index is 3.22. The Bertz CT molecular complexity index is 381. The van der Waals surface area contributed by atoms with E-state index in [4.69, 9.17) is 10.8 Å². The number of benzene rings is 1. The predicted molar refractivity (Wildman–Crippen MR) is 53.4 cm³/mol. The molecule has 0 aliphatic carbocycles. The third kappa shape index (κ3) is 2.10. The van der Waals surface area contributed by atoms with E-state index >= 15 is 0 Å². The van der Waals surface area contributed by atoms with Crippen LogP contribution in [0.4, 0.5) is 4.39 Å². The SMILES string of the molecule is Cc1cc(F)c(Br)cc1C(N)C(=O)O. The summed E-state index contributed by atoms with van der Waals surface area (Å²) in [5.41, 5.74) is 6.35. The largest absolute Gasteiger partial charge is 0.480 e. The molecule has 1 rings (SSSR count). The third-order valence-corrected chi connectivity index (χ3v) is 2.52. The quantitative estimate of drug-likeness (QED) is 0.856. The maximum absolute atomic E-state index is 13.0. The molecule has 3 N–H and O–H groups in total. The highest BCUT2D eigenvalue weighted by molar-refractivity contribution is 9.10. The first-order valence-electron chi connectivity index (χ1n) is 3.87. The molecule has 1 aromatic rings. The van der Waals surface area contributed by atoms with Crippen molar-refractivity contribution in [3.05, 3.63) is 33.5 Å². The van der Waals surface area contributed by atoms with Crippen molar-refractivity contribution in [2.24, 2.45) is 5.73 Å². The van der Waals surface area contributed by atoms with E-state index in [2.05, 4.69) is 15.9 Å². The number of rotatable bonds is 2. The van der Waals surface area contributed by atoms with Gasteiger partial charge in [-0.3, -0.25) is 4.79 Å². The minimum Gasteiger partial charge on any atom is -0.480 e. The molecule has 0 bridgehead atoms. The molecule has 14 heavy (non-hydrogen) atoms. The van der Waals surface area contributed by atoms with E-state index in [1.807, 2.05) is 0 Å². The second-order valence-corrected chi connectivity index (χ2v) is 3.79. The van der Waals surface area contributed by atoms with E-state index in [1.165, 1.54) is 12.1 Å². The highest BCUT2D eigenvalue weighted by Gasteiger charge is 2.17. The van der Waals surface area contributed by atoms with Crippen LogP contribution < -0.4 is 5.73 Å². The normalized spacial score (nSPS) is 12.6. The summed E-state index contributed by atoms with van der Waals surface area (Å²) in [6.45, 7) is 1.62. The second kappa shape index (κ2) is 4.06. The van der Waals surface area contributed by atoms with Gasteiger partial charge in [-0.25, -0.2) is 4.39 Å². The summed E-state index contributed by atoms with van der Waals surface area (Å²) < 4.78 is 13.2. The van der Waals surface area contributed by atoms with E-state index in [0.717, 1.165) is 0 Å². The summed E-state index contributed by atoms with van der Waals surface area (Å²) in [4.78, 5) is 10.6. The second-order valence-electron chi connectivity index (χ2n) is 2.94. The Morgan fingerprint density at radius 3 is 2.71 bits per heavy atom. The molecular weight excluding hydrogens is 253 g/mol. The van der Waals surface area contributed by atoms with E-state index in [0.29, 0.717) is 11.1 Å². The van der Waals surface area contributed by atoms with Crippen molar-refractivity contribution in [1.29, 1.82) is 0 Å². The molecule has 5 heteroatoms. The van der Waals surface area contributed by atoms with E-state index < -0.39 is 17.8 Å². The van der Waals surface area contributed by atoms with Crippen molar-refractivity contribution >= 4 is 21.9 Å². The van der Waals surface area contributed by atoms with Crippen molar-refractivity contribution in [2.75, 3.05) is 0 Å². The van der Waals surface area contributed by atoms with Crippen LogP contribution in [0, 0.1) is 12.7 Å². The number of hydrogen-bond donors (Lipinski definition) is 2. The van der Waals surface area contributed by atoms with Gasteiger partial charge in [0.05, 0.1) is 4.47 Å². The van der Waals surface area contributed by atoms with Gasteiger partial charge in [-0.05, 0) is 46.1 Å². The number of aryl methyl sites for hydroxylation is 1. The highest BCUT2D eigenvalue weighted by atomic mass is 79.9. The Labute approximate surface area is 88.9 Å². The summed E-state index contributed by atoms with van der Waals surface area (Å²) >= 11 is 2.97. The zero-order valence-electron chi connectivity index (χ0n) is 7.42. The highest BCUT2D eigenvalue weighted by Crippen LogP contribution is 2.24. The van der Waals surface area contributed by atoms with Gasteiger partial charge >= 0.3 is 5.97 Å². The molecule has 1 aromatic carbocycles. The molecule has 0 fully saturated rings.